The number of hydrogen-bond acceptors (Lipinski definition) is 4. The molecule has 1 aromatic heterocycles. The van der Waals surface area contributed by atoms with E-state index in [9.17, 15) is 4.79 Å². The molecular formula is C16H19BrN4O. The first-order chi connectivity index (χ1) is 10.6. The van der Waals surface area contributed by atoms with E-state index in [0.717, 1.165) is 29.5 Å². The number of halogens is 1. The molecule has 1 aromatic carbocycles. The summed E-state index contributed by atoms with van der Waals surface area (Å²) in [6.07, 6.45) is 5.12. The Hall–Kier alpha value is -1.95. The smallest absolute Gasteiger partial charge is 0.273 e. The number of benzene rings is 1. The van der Waals surface area contributed by atoms with Crippen LogP contribution in [0.5, 0.6) is 0 Å². The Morgan fingerprint density at radius 1 is 1.23 bits per heavy atom. The summed E-state index contributed by atoms with van der Waals surface area (Å²) in [7, 11) is 1.79. The van der Waals surface area contributed by atoms with Gasteiger partial charge in [0.15, 0.2) is 0 Å². The number of nitrogens with zero attached hydrogens (tertiary/aromatic N) is 3. The Balaban J connectivity index is 2.00. The fourth-order valence-electron chi connectivity index (χ4n) is 1.88. The van der Waals surface area contributed by atoms with Crippen LogP contribution in [-0.2, 0) is 0 Å². The Kier molecular flexibility index (Phi) is 5.89. The van der Waals surface area contributed by atoms with Gasteiger partial charge in [-0.3, -0.25) is 4.79 Å². The summed E-state index contributed by atoms with van der Waals surface area (Å²) >= 11 is 3.39. The van der Waals surface area contributed by atoms with Crippen LogP contribution < -0.4 is 5.32 Å². The third-order valence-electron chi connectivity index (χ3n) is 3.18. The van der Waals surface area contributed by atoms with Crippen molar-refractivity contribution in [2.45, 2.75) is 19.8 Å². The van der Waals surface area contributed by atoms with Gasteiger partial charge in [-0.1, -0.05) is 29.3 Å². The van der Waals surface area contributed by atoms with Gasteiger partial charge in [0.1, 0.15) is 11.5 Å². The van der Waals surface area contributed by atoms with Gasteiger partial charge in [-0.25, -0.2) is 9.97 Å². The lowest BCUT2D eigenvalue weighted by Crippen LogP contribution is -2.28. The molecule has 0 fully saturated rings. The largest absolute Gasteiger partial charge is 0.340 e. The van der Waals surface area contributed by atoms with Crippen molar-refractivity contribution < 1.29 is 4.79 Å². The number of aromatic nitrogens is 2. The van der Waals surface area contributed by atoms with E-state index in [1.807, 2.05) is 24.3 Å². The van der Waals surface area contributed by atoms with Crippen LogP contribution in [0.3, 0.4) is 0 Å². The van der Waals surface area contributed by atoms with Crippen LogP contribution >= 0.6 is 15.9 Å². The fraction of sp³-hybridized carbons (Fsp3) is 0.312. The van der Waals surface area contributed by atoms with E-state index in [0.29, 0.717) is 11.5 Å². The van der Waals surface area contributed by atoms with Gasteiger partial charge in [0, 0.05) is 23.8 Å². The number of amides is 1. The molecule has 1 amide bonds. The Morgan fingerprint density at radius 3 is 2.55 bits per heavy atom. The second-order valence-corrected chi connectivity index (χ2v) is 5.91. The van der Waals surface area contributed by atoms with Crippen molar-refractivity contribution in [3.05, 3.63) is 46.8 Å². The topological polar surface area (TPSA) is 58.1 Å². The number of unbranched alkanes of at least 4 members (excludes halogenated alkanes) is 1. The highest BCUT2D eigenvalue weighted by atomic mass is 79.9. The molecule has 2 rings (SSSR count). The lowest BCUT2D eigenvalue weighted by atomic mass is 10.3. The maximum atomic E-state index is 12.2. The highest BCUT2D eigenvalue weighted by Crippen LogP contribution is 2.17. The Bertz CT molecular complexity index is 613. The molecule has 1 N–H and O–H groups in total. The van der Waals surface area contributed by atoms with Crippen molar-refractivity contribution in [3.8, 4) is 0 Å². The molecule has 0 aliphatic heterocycles. The molecule has 0 radical (unpaired) electrons. The summed E-state index contributed by atoms with van der Waals surface area (Å²) in [5.41, 5.74) is 1.27. The number of hydrogen-bond donors (Lipinski definition) is 1. The second-order valence-electron chi connectivity index (χ2n) is 5.00. The van der Waals surface area contributed by atoms with Gasteiger partial charge in [-0.05, 0) is 30.7 Å². The molecule has 0 unspecified atom stereocenters. The van der Waals surface area contributed by atoms with E-state index >= 15 is 0 Å². The quantitative estimate of drug-likeness (QED) is 0.847. The van der Waals surface area contributed by atoms with Crippen LogP contribution in [0.15, 0.2) is 41.1 Å². The minimum atomic E-state index is -0.101. The first-order valence-corrected chi connectivity index (χ1v) is 7.99. The van der Waals surface area contributed by atoms with Gasteiger partial charge in [0.05, 0.1) is 12.4 Å². The van der Waals surface area contributed by atoms with Crippen molar-refractivity contribution in [2.75, 3.05) is 18.9 Å². The van der Waals surface area contributed by atoms with E-state index in [1.54, 1.807) is 18.1 Å². The summed E-state index contributed by atoms with van der Waals surface area (Å²) in [6, 6.07) is 7.75. The molecule has 0 bridgehead atoms. The average molecular weight is 363 g/mol. The average Bonchev–Trinajstić information content (AvgIpc) is 2.55. The standard InChI is InChI=1S/C16H19BrN4O/c1-3-4-9-21(2)16(22)14-10-19-15(11-18-14)20-13-7-5-12(17)6-8-13/h5-8,10-11H,3-4,9H2,1-2H3,(H,19,20). The van der Waals surface area contributed by atoms with Crippen LogP contribution in [0.25, 0.3) is 0 Å². The SMILES string of the molecule is CCCCN(C)C(=O)c1cnc(Nc2ccc(Br)cc2)cn1. The number of nitrogens with one attached hydrogen (secondary N) is 1. The highest BCUT2D eigenvalue weighted by molar-refractivity contribution is 9.10. The molecular weight excluding hydrogens is 344 g/mol. The third-order valence-corrected chi connectivity index (χ3v) is 3.71. The molecule has 2 aromatic rings. The molecule has 0 atom stereocenters. The maximum Gasteiger partial charge on any atom is 0.273 e. The minimum absolute atomic E-state index is 0.101. The monoisotopic (exact) mass is 362 g/mol. The molecule has 0 saturated carbocycles. The van der Waals surface area contributed by atoms with Crippen LogP contribution in [0.4, 0.5) is 11.5 Å². The lowest BCUT2D eigenvalue weighted by Gasteiger charge is -2.16. The Morgan fingerprint density at radius 2 is 1.95 bits per heavy atom. The van der Waals surface area contributed by atoms with E-state index in [1.165, 1.54) is 6.20 Å². The van der Waals surface area contributed by atoms with E-state index in [4.69, 9.17) is 0 Å². The summed E-state index contributed by atoms with van der Waals surface area (Å²) in [6.45, 7) is 2.83. The van der Waals surface area contributed by atoms with Crippen LogP contribution in [0, 0.1) is 0 Å². The third kappa shape index (κ3) is 4.53. The summed E-state index contributed by atoms with van der Waals surface area (Å²) in [5, 5.41) is 3.14. The molecule has 5 nitrogen and oxygen atoms in total. The zero-order chi connectivity index (χ0) is 15.9. The van der Waals surface area contributed by atoms with Crippen molar-refractivity contribution >= 4 is 33.3 Å². The fourth-order valence-corrected chi connectivity index (χ4v) is 2.14. The Labute approximate surface area is 138 Å². The summed E-state index contributed by atoms with van der Waals surface area (Å²) in [5.74, 6) is 0.506. The van der Waals surface area contributed by atoms with Crippen LogP contribution in [-0.4, -0.2) is 34.4 Å². The number of carbonyl (C=O) groups excluding carboxylic acids is 1. The molecule has 0 spiro atoms. The van der Waals surface area contributed by atoms with E-state index in [2.05, 4.69) is 38.1 Å². The normalized spacial score (nSPS) is 10.3. The molecule has 116 valence electrons. The molecule has 0 aliphatic carbocycles. The molecule has 0 aliphatic rings. The maximum absolute atomic E-state index is 12.2. The summed E-state index contributed by atoms with van der Waals surface area (Å²) < 4.78 is 1.01. The van der Waals surface area contributed by atoms with Crippen molar-refractivity contribution in [1.29, 1.82) is 0 Å². The van der Waals surface area contributed by atoms with Gasteiger partial charge in [0.2, 0.25) is 0 Å². The van der Waals surface area contributed by atoms with Gasteiger partial charge in [-0.2, -0.15) is 0 Å². The number of anilines is 2. The first kappa shape index (κ1) is 16.4. The summed E-state index contributed by atoms with van der Waals surface area (Å²) in [4.78, 5) is 22.3. The van der Waals surface area contributed by atoms with Crippen LogP contribution in [0.1, 0.15) is 30.3 Å². The minimum Gasteiger partial charge on any atom is -0.340 e. The van der Waals surface area contributed by atoms with Crippen molar-refractivity contribution in [2.24, 2.45) is 0 Å². The van der Waals surface area contributed by atoms with Crippen molar-refractivity contribution in [3.63, 3.8) is 0 Å². The molecule has 0 saturated heterocycles. The number of carbonyl (C=O) groups is 1. The van der Waals surface area contributed by atoms with E-state index < -0.39 is 0 Å². The molecule has 1 heterocycles. The van der Waals surface area contributed by atoms with Gasteiger partial charge >= 0.3 is 0 Å². The van der Waals surface area contributed by atoms with Gasteiger partial charge in [0.25, 0.3) is 5.91 Å². The van der Waals surface area contributed by atoms with Gasteiger partial charge in [-0.15, -0.1) is 0 Å². The number of rotatable bonds is 6. The highest BCUT2D eigenvalue weighted by Gasteiger charge is 2.13. The predicted octanol–water partition coefficient (Wildman–Crippen LogP) is 3.85. The molecule has 22 heavy (non-hydrogen) atoms. The second kappa shape index (κ2) is 7.89. The van der Waals surface area contributed by atoms with E-state index in [-0.39, 0.29) is 5.91 Å². The van der Waals surface area contributed by atoms with Crippen molar-refractivity contribution in [1.82, 2.24) is 14.9 Å². The zero-order valence-corrected chi connectivity index (χ0v) is 14.3. The van der Waals surface area contributed by atoms with Gasteiger partial charge < -0.3 is 10.2 Å². The first-order valence-electron chi connectivity index (χ1n) is 7.20. The zero-order valence-electron chi connectivity index (χ0n) is 12.7. The van der Waals surface area contributed by atoms with Crippen LogP contribution in [0.2, 0.25) is 0 Å². The predicted molar refractivity (Wildman–Crippen MR) is 91.3 cm³/mol. The molecule has 6 heteroatoms. The lowest BCUT2D eigenvalue weighted by molar-refractivity contribution is 0.0787.